The van der Waals surface area contributed by atoms with Crippen LogP contribution in [0.2, 0.25) is 0 Å². The van der Waals surface area contributed by atoms with E-state index >= 15 is 0 Å². The van der Waals surface area contributed by atoms with Crippen LogP contribution in [0.3, 0.4) is 0 Å². The van der Waals surface area contributed by atoms with Crippen LogP contribution in [-0.4, -0.2) is 13.1 Å². The molecule has 4 rings (SSSR count). The number of anilines is 1. The average Bonchev–Trinajstić information content (AvgIpc) is 2.57. The summed E-state index contributed by atoms with van der Waals surface area (Å²) in [6.45, 7) is 10.6. The Balaban J connectivity index is 0.000000693. The molecule has 0 N–H and O–H groups in total. The van der Waals surface area contributed by atoms with Gasteiger partial charge in [0, 0.05) is 29.9 Å². The highest BCUT2D eigenvalue weighted by atomic mass is 16.5. The number of aryl methyl sites for hydroxylation is 1. The van der Waals surface area contributed by atoms with Gasteiger partial charge >= 0.3 is 0 Å². The van der Waals surface area contributed by atoms with Crippen LogP contribution < -0.4 is 9.64 Å². The Labute approximate surface area is 134 Å². The summed E-state index contributed by atoms with van der Waals surface area (Å²) in [5.74, 6) is 2.13. The van der Waals surface area contributed by atoms with Crippen LogP contribution in [0.4, 0.5) is 5.69 Å². The molecular weight excluding hydrogens is 270 g/mol. The predicted octanol–water partition coefficient (Wildman–Crippen LogP) is 5.11. The van der Waals surface area contributed by atoms with Gasteiger partial charge in [0.1, 0.15) is 11.5 Å². The molecule has 22 heavy (non-hydrogen) atoms. The van der Waals surface area contributed by atoms with Crippen LogP contribution in [0.15, 0.2) is 23.5 Å². The molecule has 0 spiro atoms. The molecule has 0 atom stereocenters. The highest BCUT2D eigenvalue weighted by Crippen LogP contribution is 2.45. The van der Waals surface area contributed by atoms with E-state index in [9.17, 15) is 0 Å². The first-order chi connectivity index (χ1) is 10.7. The first-order valence-corrected chi connectivity index (χ1v) is 8.71. The normalized spacial score (nSPS) is 17.8. The molecule has 2 nitrogen and oxygen atoms in total. The van der Waals surface area contributed by atoms with Crippen LogP contribution in [0.1, 0.15) is 57.2 Å². The van der Waals surface area contributed by atoms with Gasteiger partial charge < -0.3 is 9.64 Å². The van der Waals surface area contributed by atoms with E-state index in [2.05, 4.69) is 37.0 Å². The Morgan fingerprint density at radius 2 is 1.77 bits per heavy atom. The van der Waals surface area contributed by atoms with E-state index in [-0.39, 0.29) is 0 Å². The van der Waals surface area contributed by atoms with Crippen molar-refractivity contribution in [2.45, 2.75) is 53.4 Å². The van der Waals surface area contributed by atoms with Crippen molar-refractivity contribution < 1.29 is 4.74 Å². The molecule has 1 aromatic rings. The summed E-state index contributed by atoms with van der Waals surface area (Å²) in [6, 6.07) is 2.35. The van der Waals surface area contributed by atoms with Gasteiger partial charge in [-0.3, -0.25) is 0 Å². The zero-order chi connectivity index (χ0) is 15.7. The van der Waals surface area contributed by atoms with Gasteiger partial charge in [-0.05, 0) is 68.9 Å². The second-order valence-electron chi connectivity index (χ2n) is 6.28. The molecule has 0 aromatic heterocycles. The maximum Gasteiger partial charge on any atom is 0.139 e. The number of fused-ring (bicyclic) bond motifs is 2. The summed E-state index contributed by atoms with van der Waals surface area (Å²) in [6.07, 6.45) is 9.25. The Hall–Kier alpha value is -1.70. The molecule has 3 heterocycles. The van der Waals surface area contributed by atoms with Crippen molar-refractivity contribution in [1.82, 2.24) is 0 Å². The van der Waals surface area contributed by atoms with Crippen molar-refractivity contribution in [2.24, 2.45) is 0 Å². The SMILES string of the molecule is CC.CC(C)=C1C=Cc2cc3c4c(c2O1)CCCN4CCC3. The van der Waals surface area contributed by atoms with E-state index in [0.29, 0.717) is 0 Å². The van der Waals surface area contributed by atoms with Crippen LogP contribution in [0.5, 0.6) is 5.75 Å². The van der Waals surface area contributed by atoms with E-state index in [4.69, 9.17) is 4.74 Å². The third-order valence-electron chi connectivity index (χ3n) is 4.62. The monoisotopic (exact) mass is 297 g/mol. The molecule has 1 aromatic carbocycles. The lowest BCUT2D eigenvalue weighted by atomic mass is 9.88. The third kappa shape index (κ3) is 2.45. The van der Waals surface area contributed by atoms with Gasteiger partial charge in [0.05, 0.1) is 0 Å². The summed E-state index contributed by atoms with van der Waals surface area (Å²) >= 11 is 0. The smallest absolute Gasteiger partial charge is 0.139 e. The molecule has 3 aliphatic rings. The molecule has 0 bridgehead atoms. The van der Waals surface area contributed by atoms with Crippen LogP contribution in [-0.2, 0) is 12.8 Å². The fraction of sp³-hybridized carbons (Fsp3) is 0.500. The van der Waals surface area contributed by atoms with Crippen LogP contribution >= 0.6 is 0 Å². The Bertz CT molecular complexity index is 634. The summed E-state index contributed by atoms with van der Waals surface area (Å²) in [7, 11) is 0. The van der Waals surface area contributed by atoms with E-state index in [1.165, 1.54) is 60.3 Å². The lowest BCUT2D eigenvalue weighted by Gasteiger charge is -2.38. The van der Waals surface area contributed by atoms with Crippen LogP contribution in [0, 0.1) is 0 Å². The van der Waals surface area contributed by atoms with Crippen molar-refractivity contribution >= 4 is 11.8 Å². The van der Waals surface area contributed by atoms with E-state index < -0.39 is 0 Å². The number of nitrogens with zero attached hydrogens (tertiary/aromatic N) is 1. The van der Waals surface area contributed by atoms with Gasteiger partial charge in [0.15, 0.2) is 0 Å². The summed E-state index contributed by atoms with van der Waals surface area (Å²) < 4.78 is 6.23. The molecule has 2 heteroatoms. The number of rotatable bonds is 0. The van der Waals surface area contributed by atoms with Gasteiger partial charge in [0.25, 0.3) is 0 Å². The zero-order valence-corrected chi connectivity index (χ0v) is 14.3. The van der Waals surface area contributed by atoms with E-state index in [1.54, 1.807) is 0 Å². The summed E-state index contributed by atoms with van der Waals surface area (Å²) in [5.41, 5.74) is 6.98. The van der Waals surface area contributed by atoms with Gasteiger partial charge in [-0.15, -0.1) is 0 Å². The fourth-order valence-electron chi connectivity index (χ4n) is 3.68. The molecule has 0 fully saturated rings. The maximum absolute atomic E-state index is 6.23. The quantitative estimate of drug-likeness (QED) is 0.659. The maximum atomic E-state index is 6.23. The lowest BCUT2D eigenvalue weighted by Crippen LogP contribution is -2.34. The molecule has 0 saturated carbocycles. The highest BCUT2D eigenvalue weighted by molar-refractivity contribution is 5.76. The van der Waals surface area contributed by atoms with Gasteiger partial charge in [-0.1, -0.05) is 13.8 Å². The predicted molar refractivity (Wildman–Crippen MR) is 94.7 cm³/mol. The van der Waals surface area contributed by atoms with Gasteiger partial charge in [-0.2, -0.15) is 0 Å². The molecule has 0 amide bonds. The standard InChI is InChI=1S/C18H21NO.C2H6/c1-12(2)16-8-7-14-11-13-5-3-9-19-10-4-6-15(17(13)19)18(14)20-16;1-2/h7-8,11H,3-6,9-10H2,1-2H3;1-2H3. The van der Waals surface area contributed by atoms with Crippen molar-refractivity contribution in [2.75, 3.05) is 18.0 Å². The molecule has 3 aliphatic heterocycles. The first kappa shape index (κ1) is 15.2. The molecule has 0 radical (unpaired) electrons. The van der Waals surface area contributed by atoms with Crippen molar-refractivity contribution in [3.63, 3.8) is 0 Å². The van der Waals surface area contributed by atoms with E-state index in [1.807, 2.05) is 13.8 Å². The number of hydrogen-bond donors (Lipinski definition) is 0. The molecule has 0 unspecified atom stereocenters. The Kier molecular flexibility index (Phi) is 4.28. The highest BCUT2D eigenvalue weighted by Gasteiger charge is 2.29. The second-order valence-corrected chi connectivity index (χ2v) is 6.28. The Morgan fingerprint density at radius 3 is 2.50 bits per heavy atom. The molecular formula is C20H27NO. The van der Waals surface area contributed by atoms with Crippen LogP contribution in [0.25, 0.3) is 6.08 Å². The zero-order valence-electron chi connectivity index (χ0n) is 14.3. The largest absolute Gasteiger partial charge is 0.456 e. The fourth-order valence-corrected chi connectivity index (χ4v) is 3.68. The van der Waals surface area contributed by atoms with Gasteiger partial charge in [-0.25, -0.2) is 0 Å². The molecule has 0 saturated heterocycles. The first-order valence-electron chi connectivity index (χ1n) is 8.71. The minimum absolute atomic E-state index is 1.02. The number of benzene rings is 1. The van der Waals surface area contributed by atoms with Crippen molar-refractivity contribution in [1.29, 1.82) is 0 Å². The topological polar surface area (TPSA) is 12.5 Å². The molecule has 0 aliphatic carbocycles. The lowest BCUT2D eigenvalue weighted by molar-refractivity contribution is 0.425. The average molecular weight is 297 g/mol. The summed E-state index contributed by atoms with van der Waals surface area (Å²) in [5, 5.41) is 0. The number of allylic oxidation sites excluding steroid dienone is 2. The second kappa shape index (κ2) is 6.20. The Morgan fingerprint density at radius 1 is 1.05 bits per heavy atom. The number of hydrogen-bond acceptors (Lipinski definition) is 2. The minimum Gasteiger partial charge on any atom is -0.456 e. The third-order valence-corrected chi connectivity index (χ3v) is 4.62. The molecule has 118 valence electrons. The van der Waals surface area contributed by atoms with Crippen molar-refractivity contribution in [3.05, 3.63) is 40.2 Å². The van der Waals surface area contributed by atoms with Crippen molar-refractivity contribution in [3.8, 4) is 5.75 Å². The minimum atomic E-state index is 1.02. The summed E-state index contributed by atoms with van der Waals surface area (Å²) in [4.78, 5) is 2.57. The van der Waals surface area contributed by atoms with E-state index in [0.717, 1.165) is 17.9 Å². The van der Waals surface area contributed by atoms with Gasteiger partial charge in [0.2, 0.25) is 0 Å². The number of ether oxygens (including phenoxy) is 1.